The van der Waals surface area contributed by atoms with Crippen molar-refractivity contribution in [3.8, 4) is 0 Å². The molecule has 0 bridgehead atoms. The van der Waals surface area contributed by atoms with E-state index >= 15 is 8.78 Å². The summed E-state index contributed by atoms with van der Waals surface area (Å²) < 4.78 is 67.9. The van der Waals surface area contributed by atoms with E-state index < -0.39 is 93.0 Å². The summed E-state index contributed by atoms with van der Waals surface area (Å²) in [6, 6.07) is 0. The number of aliphatic hydroxyl groups is 1. The van der Waals surface area contributed by atoms with Crippen molar-refractivity contribution in [3.05, 3.63) is 23.8 Å². The Kier molecular flexibility index (Phi) is 8.43. The maximum atomic E-state index is 17.1. The van der Waals surface area contributed by atoms with Crippen molar-refractivity contribution in [2.24, 2.45) is 34.5 Å². The molecule has 4 rings (SSSR count). The van der Waals surface area contributed by atoms with E-state index in [9.17, 15) is 27.9 Å². The van der Waals surface area contributed by atoms with Gasteiger partial charge in [-0.2, -0.15) is 8.42 Å². The van der Waals surface area contributed by atoms with Gasteiger partial charge in [0.2, 0.25) is 0 Å². The van der Waals surface area contributed by atoms with Gasteiger partial charge < -0.3 is 11.3 Å². The summed E-state index contributed by atoms with van der Waals surface area (Å²) in [4.78, 5) is 37.0. The zero-order valence-electron chi connectivity index (χ0n) is 22.4. The molecule has 3 fully saturated rings. The molecule has 0 saturated heterocycles. The van der Waals surface area contributed by atoms with E-state index in [1.807, 2.05) is 6.92 Å². The van der Waals surface area contributed by atoms with Gasteiger partial charge in [0, 0.05) is 17.3 Å². The Morgan fingerprint density at radius 3 is 2.51 bits per heavy atom. The van der Waals surface area contributed by atoms with Crippen LogP contribution in [0.3, 0.4) is 0 Å². The first kappa shape index (κ1) is 30.6. The number of esters is 1. The molecule has 4 aliphatic carbocycles. The Hall–Kier alpha value is -0.980. The molecule has 2 N–H and O–H groups in total. The smallest absolute Gasteiger partial charge is 1.00 e. The van der Waals surface area contributed by atoms with Crippen LogP contribution in [-0.2, 0) is 29.2 Å². The molecular weight excluding hydrogens is 521 g/mol. The molecule has 9 atom stereocenters. The molecule has 4 aliphatic rings. The zero-order valence-corrected chi connectivity index (χ0v) is 24.3. The Balaban J connectivity index is 0.00000253. The number of hydrogen-bond acceptors (Lipinski definition) is 7. The van der Waals surface area contributed by atoms with E-state index in [0.29, 0.717) is 6.42 Å². The van der Waals surface area contributed by atoms with Crippen molar-refractivity contribution in [2.75, 3.05) is 12.4 Å². The number of aliphatic hydroxyl groups excluding tert-OH is 1. The van der Waals surface area contributed by atoms with Gasteiger partial charge in [-0.3, -0.25) is 18.9 Å². The Morgan fingerprint density at radius 1 is 1.24 bits per heavy atom. The number of ketones is 2. The van der Waals surface area contributed by atoms with Crippen LogP contribution in [0.2, 0.25) is 0 Å². The van der Waals surface area contributed by atoms with Gasteiger partial charge >= 0.3 is 35.5 Å². The molecule has 0 aromatic carbocycles. The van der Waals surface area contributed by atoms with Crippen LogP contribution in [0.15, 0.2) is 23.8 Å². The van der Waals surface area contributed by atoms with Crippen molar-refractivity contribution >= 4 is 27.7 Å². The second-order valence-electron chi connectivity index (χ2n) is 11.3. The van der Waals surface area contributed by atoms with E-state index in [1.165, 1.54) is 19.1 Å². The number of ether oxygens (including phenoxy) is 1. The molecule has 0 aliphatic heterocycles. The first-order chi connectivity index (χ1) is 16.5. The first-order valence-electron chi connectivity index (χ1n) is 12.1. The molecule has 0 radical (unpaired) electrons. The fourth-order valence-corrected chi connectivity index (χ4v) is 8.21. The average Bonchev–Trinajstić information content (AvgIpc) is 3.03. The number of halogens is 2. The molecular formula is C25H33F2NaO8S. The monoisotopic (exact) mass is 554 g/mol. The summed E-state index contributed by atoms with van der Waals surface area (Å²) in [6.07, 6.45) is 0.127. The maximum absolute atomic E-state index is 17.1. The minimum Gasteiger partial charge on any atom is -1.00 e. The zero-order chi connectivity index (χ0) is 26.8. The van der Waals surface area contributed by atoms with Crippen molar-refractivity contribution < 1.29 is 77.0 Å². The molecule has 0 aromatic heterocycles. The third-order valence-electron chi connectivity index (χ3n) is 9.25. The van der Waals surface area contributed by atoms with Gasteiger partial charge in [0.1, 0.15) is 12.8 Å². The minimum atomic E-state index is -4.36. The molecule has 3 saturated carbocycles. The molecule has 0 spiro atoms. The summed E-state index contributed by atoms with van der Waals surface area (Å²) in [5.74, 6) is -4.94. The van der Waals surface area contributed by atoms with Crippen LogP contribution >= 0.6 is 0 Å². The number of fused-ring (bicyclic) bond motifs is 5. The summed E-state index contributed by atoms with van der Waals surface area (Å²) in [7, 11) is -4.36. The number of alkyl halides is 2. The third-order valence-corrected chi connectivity index (χ3v) is 9.97. The van der Waals surface area contributed by atoms with Gasteiger partial charge in [-0.15, -0.1) is 0 Å². The maximum Gasteiger partial charge on any atom is 1.00 e. The number of Topliss-reactive ketones (excluding diaryl/α,β-unsaturated/α-hetero) is 1. The fourth-order valence-electron chi connectivity index (χ4n) is 7.78. The number of carbonyl (C=O) groups is 3. The van der Waals surface area contributed by atoms with Crippen LogP contribution in [0.1, 0.15) is 47.9 Å². The number of rotatable bonds is 6. The van der Waals surface area contributed by atoms with Crippen molar-refractivity contribution in [2.45, 2.75) is 64.4 Å². The second-order valence-corrected chi connectivity index (χ2v) is 12.9. The van der Waals surface area contributed by atoms with Gasteiger partial charge in [-0.25, -0.2) is 8.78 Å². The predicted molar refractivity (Wildman–Crippen MR) is 125 cm³/mol. The minimum absolute atomic E-state index is 0. The van der Waals surface area contributed by atoms with Crippen molar-refractivity contribution in [1.29, 1.82) is 0 Å². The molecule has 0 amide bonds. The number of hydrogen-bond donors (Lipinski definition) is 2. The second kappa shape index (κ2) is 10.2. The van der Waals surface area contributed by atoms with Gasteiger partial charge in [0.05, 0.1) is 18.3 Å². The van der Waals surface area contributed by atoms with Crippen LogP contribution in [-0.4, -0.2) is 65.9 Å². The van der Waals surface area contributed by atoms with Crippen LogP contribution in [0.25, 0.3) is 0 Å². The molecule has 12 heteroatoms. The van der Waals surface area contributed by atoms with E-state index in [1.54, 1.807) is 6.92 Å². The normalized spacial score (nSPS) is 42.6. The molecule has 8 nitrogen and oxygen atoms in total. The Bertz CT molecular complexity index is 1160. The third kappa shape index (κ3) is 4.93. The summed E-state index contributed by atoms with van der Waals surface area (Å²) in [6.45, 7) is 4.50. The van der Waals surface area contributed by atoms with Crippen molar-refractivity contribution in [3.63, 3.8) is 0 Å². The quantitative estimate of drug-likeness (QED) is 0.259. The topological polar surface area (TPSA) is 135 Å². The van der Waals surface area contributed by atoms with E-state index in [2.05, 4.69) is 0 Å². The van der Waals surface area contributed by atoms with Gasteiger partial charge in [-0.05, 0) is 61.2 Å². The number of allylic oxidation sites excluding steroid dienone is 4. The van der Waals surface area contributed by atoms with Gasteiger partial charge in [-0.1, -0.05) is 19.9 Å². The molecule has 37 heavy (non-hydrogen) atoms. The molecule has 0 heterocycles. The Labute approximate surface area is 238 Å². The molecule has 0 unspecified atom stereocenters. The molecule has 0 aromatic rings. The largest absolute Gasteiger partial charge is 1.00 e. The van der Waals surface area contributed by atoms with E-state index in [-0.39, 0.29) is 55.3 Å². The van der Waals surface area contributed by atoms with E-state index in [4.69, 9.17) is 9.29 Å². The summed E-state index contributed by atoms with van der Waals surface area (Å²) in [5.41, 5.74) is -4.59. The van der Waals surface area contributed by atoms with Crippen LogP contribution in [0.5, 0.6) is 0 Å². The van der Waals surface area contributed by atoms with Crippen LogP contribution < -0.4 is 29.6 Å². The van der Waals surface area contributed by atoms with Gasteiger partial charge in [0.15, 0.2) is 17.2 Å². The Morgan fingerprint density at radius 2 is 1.89 bits per heavy atom. The summed E-state index contributed by atoms with van der Waals surface area (Å²) in [5, 5.41) is 11.3. The summed E-state index contributed by atoms with van der Waals surface area (Å²) >= 11 is 0. The van der Waals surface area contributed by atoms with Crippen LogP contribution in [0, 0.1) is 34.5 Å². The van der Waals surface area contributed by atoms with Crippen LogP contribution in [0.4, 0.5) is 8.78 Å². The average molecular weight is 555 g/mol. The fraction of sp³-hybridized carbons (Fsp3) is 0.720. The predicted octanol–water partition coefficient (Wildman–Crippen LogP) is -0.326. The first-order valence-corrected chi connectivity index (χ1v) is 13.8. The van der Waals surface area contributed by atoms with Crippen molar-refractivity contribution in [1.82, 2.24) is 0 Å². The molecule has 202 valence electrons. The number of carbonyl (C=O) groups excluding carboxylic acids is 3. The van der Waals surface area contributed by atoms with Gasteiger partial charge in [0.25, 0.3) is 10.1 Å². The van der Waals surface area contributed by atoms with E-state index in [0.717, 1.165) is 6.08 Å². The standard InChI is InChI=1S/C25H32F2O8S.Na.H/c1-13-8-15-16-10-18(26)17-9-14(28)4-6-24(17,3)25(16,27)20(30)11-23(15,2)22(13)19(29)12-35-21(31)5-7-36(32,33)34;;/h4,6,9,13,15-16,18,20,22,30H,5,7-8,10-12H2,1-3H3,(H,32,33,34);;/q;+1;-1/t13-,15+,16+,18+,20+,22-,23+,24+,25+;;/m1../s1. The SMILES string of the molecule is C[C@@H]1C[C@H]2[C@@H]3C[C@H](F)C4=CC(=O)C=C[C@]4(C)[C@@]3(F)[C@@H](O)C[C@]2(C)[C@H]1C(=O)COC(=O)CCS(=O)(=O)O.[H-].[Na+].